The Kier molecular flexibility index (Phi) is 6.44. The third kappa shape index (κ3) is 5.58. The van der Waals surface area contributed by atoms with Gasteiger partial charge in [0.05, 0.1) is 11.1 Å². The molecule has 5 heteroatoms. The Hall–Kier alpha value is -2.04. The lowest BCUT2D eigenvalue weighted by molar-refractivity contribution is -0.123. The monoisotopic (exact) mass is 332 g/mol. The van der Waals surface area contributed by atoms with E-state index in [1.165, 1.54) is 0 Å². The van der Waals surface area contributed by atoms with Gasteiger partial charge in [-0.1, -0.05) is 54.1 Å². The molecule has 0 aliphatic carbocycles. The number of carbonyl (C=O) groups excluding carboxylic acids is 1. The molecule has 0 bridgehead atoms. The van der Waals surface area contributed by atoms with Gasteiger partial charge in [-0.25, -0.2) is 0 Å². The molecule has 1 amide bonds. The first-order valence-electron chi connectivity index (χ1n) is 7.42. The van der Waals surface area contributed by atoms with Crippen LogP contribution in [0.4, 0.5) is 0 Å². The lowest BCUT2D eigenvalue weighted by atomic mass is 10.1. The maximum absolute atomic E-state index is 12.2. The van der Waals surface area contributed by atoms with Gasteiger partial charge in [0, 0.05) is 6.54 Å². The molecule has 122 valence electrons. The van der Waals surface area contributed by atoms with Crippen LogP contribution in [0.15, 0.2) is 54.6 Å². The second-order valence-corrected chi connectivity index (χ2v) is 5.92. The lowest BCUT2D eigenvalue weighted by Gasteiger charge is -2.23. The quantitative estimate of drug-likeness (QED) is 0.847. The van der Waals surface area contributed by atoms with Crippen LogP contribution in [0.1, 0.15) is 11.6 Å². The zero-order valence-electron chi connectivity index (χ0n) is 13.3. The molecule has 1 N–H and O–H groups in total. The normalized spacial score (nSPS) is 12.0. The Morgan fingerprint density at radius 2 is 1.78 bits per heavy atom. The minimum absolute atomic E-state index is 0.0690. The van der Waals surface area contributed by atoms with Gasteiger partial charge in [-0.15, -0.1) is 0 Å². The maximum atomic E-state index is 12.2. The summed E-state index contributed by atoms with van der Waals surface area (Å²) in [6, 6.07) is 16.9. The zero-order chi connectivity index (χ0) is 16.7. The first kappa shape index (κ1) is 17.3. The third-order valence-corrected chi connectivity index (χ3v) is 3.59. The molecule has 4 nitrogen and oxygen atoms in total. The minimum atomic E-state index is -0.180. The highest BCUT2D eigenvalue weighted by molar-refractivity contribution is 6.32. The predicted molar refractivity (Wildman–Crippen MR) is 92.8 cm³/mol. The highest BCUT2D eigenvalue weighted by Crippen LogP contribution is 2.23. The van der Waals surface area contributed by atoms with Crippen LogP contribution in [0.25, 0.3) is 0 Å². The van der Waals surface area contributed by atoms with Crippen molar-refractivity contribution in [1.82, 2.24) is 10.2 Å². The third-order valence-electron chi connectivity index (χ3n) is 3.28. The number of carbonyl (C=O) groups is 1. The summed E-state index contributed by atoms with van der Waals surface area (Å²) in [6.07, 6.45) is 0. The average Bonchev–Trinajstić information content (AvgIpc) is 2.54. The molecule has 23 heavy (non-hydrogen) atoms. The number of halogens is 1. The van der Waals surface area contributed by atoms with Crippen molar-refractivity contribution in [3.05, 3.63) is 65.2 Å². The number of ether oxygens (including phenoxy) is 1. The fourth-order valence-corrected chi connectivity index (χ4v) is 2.42. The summed E-state index contributed by atoms with van der Waals surface area (Å²) in [5.74, 6) is 0.328. The fourth-order valence-electron chi connectivity index (χ4n) is 2.23. The zero-order valence-corrected chi connectivity index (χ0v) is 14.1. The van der Waals surface area contributed by atoms with Crippen LogP contribution in [0.2, 0.25) is 5.02 Å². The lowest BCUT2D eigenvalue weighted by Crippen LogP contribution is -2.37. The number of likely N-dealkylation sites (N-methyl/N-ethyl adjacent to an activating group) is 1. The van der Waals surface area contributed by atoms with Crippen molar-refractivity contribution < 1.29 is 9.53 Å². The van der Waals surface area contributed by atoms with E-state index < -0.39 is 0 Å². The van der Waals surface area contributed by atoms with Crippen molar-refractivity contribution >= 4 is 17.5 Å². The number of para-hydroxylation sites is 1. The Balaban J connectivity index is 1.96. The van der Waals surface area contributed by atoms with E-state index in [0.717, 1.165) is 5.56 Å². The standard InChI is InChI=1S/C18H21ClN2O2/c1-21(2)12-16(14-8-4-3-5-9-14)20-18(22)13-23-17-11-7-6-10-15(17)19/h3-11,16H,12-13H2,1-2H3,(H,20,22)/t16-/m1/s1. The van der Waals surface area contributed by atoms with Gasteiger partial charge in [-0.05, 0) is 31.8 Å². The molecule has 0 fully saturated rings. The van der Waals surface area contributed by atoms with Crippen LogP contribution < -0.4 is 10.1 Å². The number of amides is 1. The SMILES string of the molecule is CN(C)C[C@@H](NC(=O)COc1ccccc1Cl)c1ccccc1. The largest absolute Gasteiger partial charge is 0.482 e. The van der Waals surface area contributed by atoms with E-state index in [9.17, 15) is 4.79 Å². The summed E-state index contributed by atoms with van der Waals surface area (Å²) in [4.78, 5) is 14.2. The van der Waals surface area contributed by atoms with E-state index in [1.54, 1.807) is 12.1 Å². The molecule has 0 spiro atoms. The first-order valence-corrected chi connectivity index (χ1v) is 7.80. The molecule has 0 saturated heterocycles. The number of hydrogen-bond donors (Lipinski definition) is 1. The van der Waals surface area contributed by atoms with Gasteiger partial charge in [0.25, 0.3) is 5.91 Å². The van der Waals surface area contributed by atoms with Crippen LogP contribution in [0.3, 0.4) is 0 Å². The molecule has 0 unspecified atom stereocenters. The van der Waals surface area contributed by atoms with Gasteiger partial charge in [0.2, 0.25) is 0 Å². The van der Waals surface area contributed by atoms with E-state index in [1.807, 2.05) is 61.5 Å². The molecular formula is C18H21ClN2O2. The summed E-state index contributed by atoms with van der Waals surface area (Å²) >= 11 is 6.01. The smallest absolute Gasteiger partial charge is 0.258 e. The molecule has 2 rings (SSSR count). The summed E-state index contributed by atoms with van der Waals surface area (Å²) < 4.78 is 5.48. The van der Waals surface area contributed by atoms with Crippen molar-refractivity contribution in [2.45, 2.75) is 6.04 Å². The number of hydrogen-bond acceptors (Lipinski definition) is 3. The molecule has 0 radical (unpaired) electrons. The van der Waals surface area contributed by atoms with Gasteiger partial charge in [0.15, 0.2) is 6.61 Å². The number of nitrogens with one attached hydrogen (secondary N) is 1. The van der Waals surface area contributed by atoms with Crippen molar-refractivity contribution in [1.29, 1.82) is 0 Å². The van der Waals surface area contributed by atoms with Crippen molar-refractivity contribution in [2.75, 3.05) is 27.2 Å². The molecular weight excluding hydrogens is 312 g/mol. The Morgan fingerprint density at radius 1 is 1.13 bits per heavy atom. The van der Waals surface area contributed by atoms with E-state index >= 15 is 0 Å². The first-order chi connectivity index (χ1) is 11.1. The summed E-state index contributed by atoms with van der Waals surface area (Å²) in [7, 11) is 3.95. The number of nitrogens with zero attached hydrogens (tertiary/aromatic N) is 1. The molecule has 0 aliphatic rings. The van der Waals surface area contributed by atoms with Gasteiger partial charge < -0.3 is 15.0 Å². The second kappa shape index (κ2) is 8.56. The molecule has 1 atom stereocenters. The van der Waals surface area contributed by atoms with Crippen LogP contribution in [-0.2, 0) is 4.79 Å². The topological polar surface area (TPSA) is 41.6 Å². The predicted octanol–water partition coefficient (Wildman–Crippen LogP) is 3.14. The minimum Gasteiger partial charge on any atom is -0.482 e. The molecule has 0 saturated carbocycles. The maximum Gasteiger partial charge on any atom is 0.258 e. The number of benzene rings is 2. The Morgan fingerprint density at radius 3 is 2.43 bits per heavy atom. The van der Waals surface area contributed by atoms with Crippen molar-refractivity contribution in [3.63, 3.8) is 0 Å². The second-order valence-electron chi connectivity index (χ2n) is 5.51. The van der Waals surface area contributed by atoms with E-state index in [4.69, 9.17) is 16.3 Å². The Bertz CT molecular complexity index is 632. The van der Waals surface area contributed by atoms with Crippen LogP contribution in [0.5, 0.6) is 5.75 Å². The van der Waals surface area contributed by atoms with E-state index in [-0.39, 0.29) is 18.6 Å². The summed E-state index contributed by atoms with van der Waals surface area (Å²) in [5, 5.41) is 3.50. The molecule has 0 aromatic heterocycles. The van der Waals surface area contributed by atoms with Crippen LogP contribution in [0, 0.1) is 0 Å². The van der Waals surface area contributed by atoms with Crippen molar-refractivity contribution in [3.8, 4) is 5.75 Å². The van der Waals surface area contributed by atoms with Crippen molar-refractivity contribution in [2.24, 2.45) is 0 Å². The summed E-state index contributed by atoms with van der Waals surface area (Å²) in [6.45, 7) is 0.641. The molecule has 2 aromatic rings. The van der Waals surface area contributed by atoms with Gasteiger partial charge in [0.1, 0.15) is 5.75 Å². The number of rotatable bonds is 7. The van der Waals surface area contributed by atoms with Gasteiger partial charge in [-0.3, -0.25) is 4.79 Å². The van der Waals surface area contributed by atoms with E-state index in [0.29, 0.717) is 17.3 Å². The Labute approximate surface area is 142 Å². The van der Waals surface area contributed by atoms with E-state index in [2.05, 4.69) is 5.32 Å². The molecule has 0 aliphatic heterocycles. The summed E-state index contributed by atoms with van der Waals surface area (Å²) in [5.41, 5.74) is 1.06. The molecule has 0 heterocycles. The highest BCUT2D eigenvalue weighted by Gasteiger charge is 2.16. The van der Waals surface area contributed by atoms with Gasteiger partial charge >= 0.3 is 0 Å². The van der Waals surface area contributed by atoms with Crippen LogP contribution in [-0.4, -0.2) is 38.1 Å². The average molecular weight is 333 g/mol. The molecule has 2 aromatic carbocycles. The highest BCUT2D eigenvalue weighted by atomic mass is 35.5. The van der Waals surface area contributed by atoms with Gasteiger partial charge in [-0.2, -0.15) is 0 Å². The fraction of sp³-hybridized carbons (Fsp3) is 0.278. The van der Waals surface area contributed by atoms with Crippen LogP contribution >= 0.6 is 11.6 Å².